The molecule has 0 fully saturated rings. The Morgan fingerprint density at radius 1 is 1.08 bits per heavy atom. The van der Waals surface area contributed by atoms with E-state index in [9.17, 15) is 0 Å². The van der Waals surface area contributed by atoms with Gasteiger partial charge in [-0.1, -0.05) is 44.7 Å². The van der Waals surface area contributed by atoms with Gasteiger partial charge in [0.25, 0.3) is 0 Å². The smallest absolute Gasteiger partial charge is 0.0530 e. The summed E-state index contributed by atoms with van der Waals surface area (Å²) in [7, 11) is 0. The molecule has 0 aliphatic carbocycles. The van der Waals surface area contributed by atoms with E-state index < -0.39 is 0 Å². The number of allylic oxidation sites excluding steroid dienone is 1. The van der Waals surface area contributed by atoms with E-state index >= 15 is 0 Å². The zero-order chi connectivity index (χ0) is 18.1. The average molecular weight is 332 g/mol. The lowest BCUT2D eigenvalue weighted by molar-refractivity contribution is 0.722. The third-order valence-electron chi connectivity index (χ3n) is 5.35. The molecule has 1 heterocycles. The SMILES string of the molecule is C=Cc1c(/C=C\C)c(C)c2c(c1C)c1cc(CC)ccc1n2CCC. The molecule has 25 heavy (non-hydrogen) atoms. The van der Waals surface area contributed by atoms with Gasteiger partial charge in [-0.2, -0.15) is 0 Å². The number of aryl methyl sites for hydroxylation is 4. The number of hydrogen-bond acceptors (Lipinski definition) is 0. The monoisotopic (exact) mass is 331 g/mol. The van der Waals surface area contributed by atoms with Crippen LogP contribution in [0.5, 0.6) is 0 Å². The van der Waals surface area contributed by atoms with Crippen molar-refractivity contribution in [2.75, 3.05) is 0 Å². The summed E-state index contributed by atoms with van der Waals surface area (Å²) in [6.07, 6.45) is 8.57. The Kier molecular flexibility index (Phi) is 4.85. The van der Waals surface area contributed by atoms with Gasteiger partial charge >= 0.3 is 0 Å². The van der Waals surface area contributed by atoms with Gasteiger partial charge in [-0.05, 0) is 73.6 Å². The lowest BCUT2D eigenvalue weighted by atomic mass is 9.92. The highest BCUT2D eigenvalue weighted by molar-refractivity contribution is 6.13. The second kappa shape index (κ2) is 6.92. The van der Waals surface area contributed by atoms with E-state index in [0.717, 1.165) is 19.4 Å². The number of hydrogen-bond donors (Lipinski definition) is 0. The Labute approximate surface area is 151 Å². The predicted molar refractivity (Wildman–Crippen MR) is 113 cm³/mol. The molecule has 3 aromatic rings. The molecule has 1 heteroatoms. The first-order chi connectivity index (χ1) is 12.1. The fraction of sp³-hybridized carbons (Fsp3) is 0.333. The van der Waals surface area contributed by atoms with Crippen molar-refractivity contribution in [1.82, 2.24) is 4.57 Å². The molecule has 0 unspecified atom stereocenters. The molecule has 1 aromatic heterocycles. The first-order valence-electron chi connectivity index (χ1n) is 9.42. The third kappa shape index (κ3) is 2.63. The summed E-state index contributed by atoms with van der Waals surface area (Å²) < 4.78 is 2.52. The van der Waals surface area contributed by atoms with E-state index in [-0.39, 0.29) is 0 Å². The van der Waals surface area contributed by atoms with Gasteiger partial charge in [-0.3, -0.25) is 0 Å². The summed E-state index contributed by atoms with van der Waals surface area (Å²) in [5, 5.41) is 2.79. The predicted octanol–water partition coefficient (Wildman–Crippen LogP) is 7.06. The zero-order valence-corrected chi connectivity index (χ0v) is 16.2. The fourth-order valence-electron chi connectivity index (χ4n) is 4.16. The molecule has 0 aliphatic heterocycles. The Balaban J connectivity index is 2.61. The zero-order valence-electron chi connectivity index (χ0n) is 16.2. The molecule has 0 saturated carbocycles. The molecule has 3 rings (SSSR count). The molecule has 0 atom stereocenters. The van der Waals surface area contributed by atoms with Gasteiger partial charge in [0.1, 0.15) is 0 Å². The van der Waals surface area contributed by atoms with E-state index in [1.807, 2.05) is 6.08 Å². The van der Waals surface area contributed by atoms with E-state index in [0.29, 0.717) is 0 Å². The molecule has 0 radical (unpaired) electrons. The summed E-state index contributed by atoms with van der Waals surface area (Å²) in [5.74, 6) is 0. The molecule has 0 amide bonds. The van der Waals surface area contributed by atoms with Crippen molar-refractivity contribution < 1.29 is 0 Å². The van der Waals surface area contributed by atoms with Crippen LogP contribution in [0.1, 0.15) is 55.0 Å². The van der Waals surface area contributed by atoms with Crippen molar-refractivity contribution >= 4 is 34.0 Å². The summed E-state index contributed by atoms with van der Waals surface area (Å²) in [4.78, 5) is 0. The second-order valence-electron chi connectivity index (χ2n) is 6.86. The summed E-state index contributed by atoms with van der Waals surface area (Å²) >= 11 is 0. The van der Waals surface area contributed by atoms with Crippen LogP contribution >= 0.6 is 0 Å². The molecule has 0 saturated heterocycles. The number of benzene rings is 2. The van der Waals surface area contributed by atoms with Gasteiger partial charge in [-0.15, -0.1) is 0 Å². The minimum absolute atomic E-state index is 1.05. The minimum Gasteiger partial charge on any atom is -0.340 e. The number of aromatic nitrogens is 1. The first-order valence-corrected chi connectivity index (χ1v) is 9.42. The first kappa shape index (κ1) is 17.5. The normalized spacial score (nSPS) is 11.9. The Morgan fingerprint density at radius 3 is 2.44 bits per heavy atom. The van der Waals surface area contributed by atoms with Crippen LogP contribution in [0.15, 0.2) is 30.9 Å². The van der Waals surface area contributed by atoms with Crippen molar-refractivity contribution in [3.8, 4) is 0 Å². The van der Waals surface area contributed by atoms with Crippen LogP contribution in [0.4, 0.5) is 0 Å². The highest BCUT2D eigenvalue weighted by Gasteiger charge is 2.19. The number of nitrogens with zero attached hydrogens (tertiary/aromatic N) is 1. The minimum atomic E-state index is 1.05. The van der Waals surface area contributed by atoms with Gasteiger partial charge in [0.05, 0.1) is 5.52 Å². The van der Waals surface area contributed by atoms with Gasteiger partial charge < -0.3 is 4.57 Å². The molecule has 1 nitrogen and oxygen atoms in total. The largest absolute Gasteiger partial charge is 0.340 e. The van der Waals surface area contributed by atoms with Gasteiger partial charge in [0.2, 0.25) is 0 Å². The molecular formula is C24H29N. The van der Waals surface area contributed by atoms with Crippen molar-refractivity contribution in [3.63, 3.8) is 0 Å². The van der Waals surface area contributed by atoms with Crippen LogP contribution in [-0.4, -0.2) is 4.57 Å². The highest BCUT2D eigenvalue weighted by atomic mass is 15.0. The van der Waals surface area contributed by atoms with Crippen LogP contribution in [0.3, 0.4) is 0 Å². The molecule has 2 aromatic carbocycles. The Morgan fingerprint density at radius 2 is 1.84 bits per heavy atom. The quantitative estimate of drug-likeness (QED) is 0.471. The summed E-state index contributed by atoms with van der Waals surface area (Å²) in [5.41, 5.74) is 9.42. The van der Waals surface area contributed by atoms with Crippen LogP contribution < -0.4 is 0 Å². The van der Waals surface area contributed by atoms with E-state index in [1.54, 1.807) is 0 Å². The van der Waals surface area contributed by atoms with Crippen LogP contribution in [0, 0.1) is 13.8 Å². The van der Waals surface area contributed by atoms with E-state index in [4.69, 9.17) is 0 Å². The second-order valence-corrected chi connectivity index (χ2v) is 6.86. The molecule has 0 spiro atoms. The van der Waals surface area contributed by atoms with Crippen LogP contribution in [0.2, 0.25) is 0 Å². The fourth-order valence-corrected chi connectivity index (χ4v) is 4.16. The van der Waals surface area contributed by atoms with Crippen molar-refractivity contribution in [1.29, 1.82) is 0 Å². The lowest BCUT2D eigenvalue weighted by Gasteiger charge is -2.15. The molecular weight excluding hydrogens is 302 g/mol. The summed E-state index contributed by atoms with van der Waals surface area (Å²) in [6.45, 7) is 16.2. The Bertz CT molecular complexity index is 983. The Hall–Kier alpha value is -2.28. The topological polar surface area (TPSA) is 4.93 Å². The maximum absolute atomic E-state index is 4.10. The lowest BCUT2D eigenvalue weighted by Crippen LogP contribution is -2.00. The number of rotatable bonds is 5. The van der Waals surface area contributed by atoms with Gasteiger partial charge in [0, 0.05) is 22.8 Å². The third-order valence-corrected chi connectivity index (χ3v) is 5.35. The van der Waals surface area contributed by atoms with Crippen LogP contribution in [0.25, 0.3) is 34.0 Å². The van der Waals surface area contributed by atoms with E-state index in [2.05, 4.69) is 76.1 Å². The van der Waals surface area contributed by atoms with Crippen molar-refractivity contribution in [3.05, 3.63) is 58.7 Å². The molecule has 0 aliphatic rings. The highest BCUT2D eigenvalue weighted by Crippen LogP contribution is 2.39. The standard InChI is InChI=1S/C24H29N/c1-7-11-20-17(6)24-23(16(5)19(20)10-4)21-15-18(9-3)12-13-22(21)25(24)14-8-2/h7,10-13,15H,4,8-9,14H2,1-3,5-6H3/b11-7-. The van der Waals surface area contributed by atoms with Crippen LogP contribution in [-0.2, 0) is 13.0 Å². The molecule has 130 valence electrons. The molecule has 0 bridgehead atoms. The maximum Gasteiger partial charge on any atom is 0.0530 e. The van der Waals surface area contributed by atoms with Crippen molar-refractivity contribution in [2.45, 2.75) is 54.0 Å². The summed E-state index contributed by atoms with van der Waals surface area (Å²) in [6, 6.07) is 6.98. The van der Waals surface area contributed by atoms with Crippen molar-refractivity contribution in [2.24, 2.45) is 0 Å². The van der Waals surface area contributed by atoms with E-state index in [1.165, 1.54) is 49.6 Å². The molecule has 0 N–H and O–H groups in total. The van der Waals surface area contributed by atoms with Gasteiger partial charge in [-0.25, -0.2) is 0 Å². The average Bonchev–Trinajstić information content (AvgIpc) is 2.94. The number of fused-ring (bicyclic) bond motifs is 3. The van der Waals surface area contributed by atoms with Gasteiger partial charge in [0.15, 0.2) is 0 Å². The maximum atomic E-state index is 4.10.